The van der Waals surface area contributed by atoms with Crippen LogP contribution in [0.1, 0.15) is 45.4 Å². The van der Waals surface area contributed by atoms with Gasteiger partial charge in [-0.1, -0.05) is 31.9 Å². The second-order valence-corrected chi connectivity index (χ2v) is 6.92. The summed E-state index contributed by atoms with van der Waals surface area (Å²) in [7, 11) is 0. The van der Waals surface area contributed by atoms with Crippen molar-refractivity contribution in [3.63, 3.8) is 0 Å². The maximum atomic E-state index is 11.0. The minimum absolute atomic E-state index is 0.269. The largest absolute Gasteiger partial charge is 0.381 e. The van der Waals surface area contributed by atoms with E-state index in [0.29, 0.717) is 11.8 Å². The van der Waals surface area contributed by atoms with Crippen molar-refractivity contribution in [1.82, 2.24) is 0 Å². The van der Waals surface area contributed by atoms with E-state index in [1.165, 1.54) is 50.3 Å². The number of benzene rings is 1. The smallest absolute Gasteiger partial charge is 0.227 e. The maximum Gasteiger partial charge on any atom is 0.227 e. The third-order valence-electron chi connectivity index (χ3n) is 4.16. The fourth-order valence-electron chi connectivity index (χ4n) is 3.08. The zero-order chi connectivity index (χ0) is 15.1. The van der Waals surface area contributed by atoms with Crippen molar-refractivity contribution < 1.29 is 4.79 Å². The van der Waals surface area contributed by atoms with E-state index < -0.39 is 0 Å². The summed E-state index contributed by atoms with van der Waals surface area (Å²) in [6, 6.07) is 8.76. The summed E-state index contributed by atoms with van der Waals surface area (Å²) in [4.78, 5) is 12.1. The van der Waals surface area contributed by atoms with Gasteiger partial charge in [-0.2, -0.15) is 0 Å². The van der Waals surface area contributed by atoms with Crippen molar-refractivity contribution in [3.05, 3.63) is 24.3 Å². The molecule has 1 aliphatic carbocycles. The van der Waals surface area contributed by atoms with Crippen LogP contribution in [0.2, 0.25) is 0 Å². The van der Waals surface area contributed by atoms with Crippen LogP contribution in [0.15, 0.2) is 29.2 Å². The molecule has 1 aromatic carbocycles. The van der Waals surface area contributed by atoms with Gasteiger partial charge in [0.1, 0.15) is 0 Å². The fourth-order valence-corrected chi connectivity index (χ4v) is 3.84. The van der Waals surface area contributed by atoms with E-state index in [2.05, 4.69) is 24.4 Å². The van der Waals surface area contributed by atoms with E-state index in [9.17, 15) is 4.79 Å². The van der Waals surface area contributed by atoms with Crippen LogP contribution in [0.4, 0.5) is 5.69 Å². The molecule has 4 heteroatoms. The summed E-state index contributed by atoms with van der Waals surface area (Å²) in [5.41, 5.74) is 6.38. The van der Waals surface area contributed by atoms with Gasteiger partial charge in [0, 0.05) is 16.6 Å². The number of amides is 1. The molecule has 2 rings (SSSR count). The minimum Gasteiger partial charge on any atom is -0.381 e. The summed E-state index contributed by atoms with van der Waals surface area (Å²) in [5, 5.41) is 3.66. The van der Waals surface area contributed by atoms with Gasteiger partial charge in [-0.25, -0.2) is 0 Å². The molecule has 0 unspecified atom stereocenters. The second-order valence-electron chi connectivity index (χ2n) is 5.90. The number of carbonyl (C=O) groups excluding carboxylic acids is 1. The van der Waals surface area contributed by atoms with Crippen molar-refractivity contribution >= 4 is 23.4 Å². The Morgan fingerprint density at radius 1 is 1.29 bits per heavy atom. The number of primary amides is 1. The summed E-state index contributed by atoms with van der Waals surface area (Å²) in [6.45, 7) is 2.27. The maximum absolute atomic E-state index is 11.0. The molecule has 1 aliphatic rings. The van der Waals surface area contributed by atoms with Crippen molar-refractivity contribution in [2.24, 2.45) is 11.7 Å². The molecular weight excluding hydrogens is 280 g/mol. The lowest BCUT2D eigenvalue weighted by atomic mass is 9.83. The Balaban J connectivity index is 1.89. The Hall–Kier alpha value is -1.16. The van der Waals surface area contributed by atoms with Crippen molar-refractivity contribution in [3.8, 4) is 0 Å². The van der Waals surface area contributed by atoms with Crippen LogP contribution in [-0.4, -0.2) is 17.7 Å². The average molecular weight is 306 g/mol. The van der Waals surface area contributed by atoms with Gasteiger partial charge in [0.05, 0.1) is 5.75 Å². The molecule has 0 aromatic heterocycles. The Kier molecular flexibility index (Phi) is 6.43. The monoisotopic (exact) mass is 306 g/mol. The van der Waals surface area contributed by atoms with Crippen molar-refractivity contribution in [1.29, 1.82) is 0 Å². The van der Waals surface area contributed by atoms with Gasteiger partial charge in [-0.15, -0.1) is 11.8 Å². The fraction of sp³-hybridized carbons (Fsp3) is 0.588. The highest BCUT2D eigenvalue weighted by Gasteiger charge is 2.21. The van der Waals surface area contributed by atoms with E-state index in [1.54, 1.807) is 0 Å². The normalized spacial score (nSPS) is 22.0. The Bertz CT molecular complexity index is 456. The SMILES string of the molecule is CCCC1CCC(Nc2ccccc2SCC(N)=O)CC1. The molecule has 1 aromatic rings. The molecule has 1 amide bonds. The number of hydrogen-bond acceptors (Lipinski definition) is 3. The first-order valence-corrected chi connectivity index (χ1v) is 8.94. The van der Waals surface area contributed by atoms with E-state index in [1.807, 2.05) is 12.1 Å². The van der Waals surface area contributed by atoms with Crippen molar-refractivity contribution in [2.75, 3.05) is 11.1 Å². The number of hydrogen-bond donors (Lipinski definition) is 2. The van der Waals surface area contributed by atoms with Crippen LogP contribution in [0.25, 0.3) is 0 Å². The molecule has 0 saturated heterocycles. The molecular formula is C17H26N2OS. The summed E-state index contributed by atoms with van der Waals surface area (Å²) < 4.78 is 0. The van der Waals surface area contributed by atoms with Gasteiger partial charge in [-0.3, -0.25) is 4.79 Å². The molecule has 0 heterocycles. The zero-order valence-corrected chi connectivity index (χ0v) is 13.6. The number of nitrogens with one attached hydrogen (secondary N) is 1. The predicted octanol–water partition coefficient (Wildman–Crippen LogP) is 4.03. The van der Waals surface area contributed by atoms with E-state index in [4.69, 9.17) is 5.73 Å². The molecule has 0 radical (unpaired) electrons. The molecule has 0 bridgehead atoms. The summed E-state index contributed by atoms with van der Waals surface area (Å²) in [6.07, 6.45) is 7.84. The van der Waals surface area contributed by atoms with Gasteiger partial charge in [0.15, 0.2) is 0 Å². The molecule has 3 nitrogen and oxygen atoms in total. The van der Waals surface area contributed by atoms with Gasteiger partial charge < -0.3 is 11.1 Å². The van der Waals surface area contributed by atoms with Crippen LogP contribution < -0.4 is 11.1 Å². The number of rotatable bonds is 7. The van der Waals surface area contributed by atoms with Crippen LogP contribution in [0.5, 0.6) is 0 Å². The molecule has 0 aliphatic heterocycles. The van der Waals surface area contributed by atoms with E-state index in [0.717, 1.165) is 16.5 Å². The molecule has 1 saturated carbocycles. The number of thioether (sulfide) groups is 1. The number of nitrogens with two attached hydrogens (primary N) is 1. The van der Waals surface area contributed by atoms with E-state index >= 15 is 0 Å². The van der Waals surface area contributed by atoms with E-state index in [-0.39, 0.29) is 5.91 Å². The Morgan fingerprint density at radius 2 is 2.00 bits per heavy atom. The lowest BCUT2D eigenvalue weighted by Gasteiger charge is -2.30. The first-order chi connectivity index (χ1) is 10.2. The Labute approximate surface area is 132 Å². The second kappa shape index (κ2) is 8.32. The average Bonchev–Trinajstić information content (AvgIpc) is 2.48. The van der Waals surface area contributed by atoms with Crippen molar-refractivity contribution in [2.45, 2.75) is 56.4 Å². The summed E-state index contributed by atoms with van der Waals surface area (Å²) >= 11 is 1.52. The number of para-hydroxylation sites is 1. The molecule has 1 fully saturated rings. The first-order valence-electron chi connectivity index (χ1n) is 7.95. The van der Waals surface area contributed by atoms with Crippen LogP contribution in [0, 0.1) is 5.92 Å². The zero-order valence-electron chi connectivity index (χ0n) is 12.8. The minimum atomic E-state index is -0.269. The van der Waals surface area contributed by atoms with Gasteiger partial charge in [0.2, 0.25) is 5.91 Å². The highest BCUT2D eigenvalue weighted by Crippen LogP contribution is 2.32. The number of carbonyl (C=O) groups is 1. The molecule has 21 heavy (non-hydrogen) atoms. The van der Waals surface area contributed by atoms with Gasteiger partial charge in [-0.05, 0) is 43.7 Å². The molecule has 116 valence electrons. The highest BCUT2D eigenvalue weighted by atomic mass is 32.2. The van der Waals surface area contributed by atoms with Gasteiger partial charge in [0.25, 0.3) is 0 Å². The molecule has 0 atom stereocenters. The topological polar surface area (TPSA) is 55.1 Å². The van der Waals surface area contributed by atoms with Crippen LogP contribution in [-0.2, 0) is 4.79 Å². The Morgan fingerprint density at radius 3 is 2.67 bits per heavy atom. The predicted molar refractivity (Wildman–Crippen MR) is 90.6 cm³/mol. The quantitative estimate of drug-likeness (QED) is 0.748. The van der Waals surface area contributed by atoms with Crippen LogP contribution in [0.3, 0.4) is 0 Å². The molecule has 3 N–H and O–H groups in total. The highest BCUT2D eigenvalue weighted by molar-refractivity contribution is 8.00. The third-order valence-corrected chi connectivity index (χ3v) is 5.26. The standard InChI is InChI=1S/C17H26N2OS/c1-2-5-13-8-10-14(11-9-13)19-15-6-3-4-7-16(15)21-12-17(18)20/h3-4,6-7,13-14,19H,2,5,8-12H2,1H3,(H2,18,20). The third kappa shape index (κ3) is 5.27. The first kappa shape index (κ1) is 16.2. The number of anilines is 1. The van der Waals surface area contributed by atoms with Gasteiger partial charge >= 0.3 is 0 Å². The lowest BCUT2D eigenvalue weighted by molar-refractivity contribution is -0.115. The molecule has 0 spiro atoms. The lowest BCUT2D eigenvalue weighted by Crippen LogP contribution is -2.26. The van der Waals surface area contributed by atoms with Crippen LogP contribution >= 0.6 is 11.8 Å². The summed E-state index contributed by atoms with van der Waals surface area (Å²) in [5.74, 6) is 0.990.